The average Bonchev–Trinajstić information content (AvgIpc) is 2.69. The lowest BCUT2D eigenvalue weighted by molar-refractivity contribution is 0.483. The van der Waals surface area contributed by atoms with Gasteiger partial charge in [0.25, 0.3) is 0 Å². The first kappa shape index (κ1) is 15.5. The molecular formula is C24H18N2O. The highest BCUT2D eigenvalue weighted by molar-refractivity contribution is 5.79. The van der Waals surface area contributed by atoms with Crippen molar-refractivity contribution in [1.82, 2.24) is 0 Å². The van der Waals surface area contributed by atoms with Gasteiger partial charge in [-0.05, 0) is 54.6 Å². The fourth-order valence-corrected chi connectivity index (χ4v) is 3.37. The summed E-state index contributed by atoms with van der Waals surface area (Å²) in [6.45, 7) is 0. The van der Waals surface area contributed by atoms with E-state index in [4.69, 9.17) is 4.74 Å². The highest BCUT2D eigenvalue weighted by Gasteiger charge is 2.14. The summed E-state index contributed by atoms with van der Waals surface area (Å²) in [5, 5.41) is 3.48. The van der Waals surface area contributed by atoms with E-state index in [2.05, 4.69) is 70.9 Å². The molecule has 0 atom stereocenters. The molecule has 0 amide bonds. The van der Waals surface area contributed by atoms with Gasteiger partial charge in [0.05, 0.1) is 0 Å². The number of rotatable bonds is 1. The van der Waals surface area contributed by atoms with Crippen molar-refractivity contribution >= 4 is 28.4 Å². The molecule has 27 heavy (non-hydrogen) atoms. The van der Waals surface area contributed by atoms with Gasteiger partial charge in [-0.3, -0.25) is 0 Å². The second-order valence-corrected chi connectivity index (χ2v) is 6.47. The Kier molecular flexibility index (Phi) is 3.76. The van der Waals surface area contributed by atoms with Gasteiger partial charge < -0.3 is 15.0 Å². The first-order chi connectivity index (χ1) is 13.3. The summed E-state index contributed by atoms with van der Waals surface area (Å²) in [6.07, 6.45) is 0. The monoisotopic (exact) mass is 350 g/mol. The fourth-order valence-electron chi connectivity index (χ4n) is 3.37. The van der Waals surface area contributed by atoms with Crippen LogP contribution in [0.5, 0.6) is 11.5 Å². The Labute approximate surface area is 158 Å². The molecule has 0 spiro atoms. The van der Waals surface area contributed by atoms with Crippen molar-refractivity contribution in [2.75, 3.05) is 10.2 Å². The Morgan fingerprint density at radius 2 is 1.11 bits per heavy atom. The average molecular weight is 350 g/mol. The van der Waals surface area contributed by atoms with Crippen molar-refractivity contribution in [2.45, 2.75) is 0 Å². The van der Waals surface area contributed by atoms with E-state index >= 15 is 0 Å². The molecule has 3 nitrogen and oxygen atoms in total. The maximum absolute atomic E-state index is 6.11. The topological polar surface area (TPSA) is 24.5 Å². The van der Waals surface area contributed by atoms with Crippen LogP contribution in [0, 0.1) is 0 Å². The molecular weight excluding hydrogens is 332 g/mol. The van der Waals surface area contributed by atoms with Crippen LogP contribution in [0.1, 0.15) is 0 Å². The molecule has 0 aliphatic carbocycles. The molecule has 4 aromatic rings. The second kappa shape index (κ2) is 6.54. The normalized spacial score (nSPS) is 12.2. The summed E-state index contributed by atoms with van der Waals surface area (Å²) >= 11 is 0. The van der Waals surface area contributed by atoms with Crippen LogP contribution >= 0.6 is 0 Å². The summed E-state index contributed by atoms with van der Waals surface area (Å²) in [6, 6.07) is 35.0. The highest BCUT2D eigenvalue weighted by Crippen LogP contribution is 2.38. The number of nitrogens with one attached hydrogen (secondary N) is 1. The van der Waals surface area contributed by atoms with Gasteiger partial charge in [0.15, 0.2) is 0 Å². The van der Waals surface area contributed by atoms with E-state index in [1.54, 1.807) is 0 Å². The number of ether oxygens (including phenoxy) is 1. The molecule has 3 heteroatoms. The molecule has 6 bridgehead atoms. The lowest BCUT2D eigenvalue weighted by atomic mass is 10.1. The third kappa shape index (κ3) is 3.11. The number of anilines is 5. The first-order valence-electron chi connectivity index (χ1n) is 8.95. The number of fused-ring (bicyclic) bond motifs is 6. The van der Waals surface area contributed by atoms with E-state index in [0.29, 0.717) is 0 Å². The Morgan fingerprint density at radius 3 is 1.93 bits per heavy atom. The zero-order valence-corrected chi connectivity index (χ0v) is 14.7. The maximum atomic E-state index is 6.11. The lowest BCUT2D eigenvalue weighted by Crippen LogP contribution is -2.10. The Hall–Kier alpha value is -3.72. The third-order valence-corrected chi connectivity index (χ3v) is 4.55. The highest BCUT2D eigenvalue weighted by atomic mass is 16.5. The van der Waals surface area contributed by atoms with Crippen LogP contribution in [-0.4, -0.2) is 0 Å². The molecule has 1 aliphatic heterocycles. The molecule has 0 unspecified atom stereocenters. The number of hydrogen-bond donors (Lipinski definition) is 1. The van der Waals surface area contributed by atoms with Crippen LogP contribution in [0.2, 0.25) is 0 Å². The van der Waals surface area contributed by atoms with Gasteiger partial charge in [0, 0.05) is 40.6 Å². The number of para-hydroxylation sites is 1. The van der Waals surface area contributed by atoms with Crippen molar-refractivity contribution in [3.8, 4) is 11.5 Å². The van der Waals surface area contributed by atoms with E-state index in [9.17, 15) is 0 Å². The molecule has 1 heterocycles. The van der Waals surface area contributed by atoms with Crippen molar-refractivity contribution in [1.29, 1.82) is 0 Å². The Bertz CT molecular complexity index is 1030. The van der Waals surface area contributed by atoms with Crippen LogP contribution in [0.25, 0.3) is 0 Å². The van der Waals surface area contributed by atoms with E-state index in [0.717, 1.165) is 39.9 Å². The summed E-state index contributed by atoms with van der Waals surface area (Å²) in [5.41, 5.74) is 5.25. The summed E-state index contributed by atoms with van der Waals surface area (Å²) in [7, 11) is 0. The Balaban J connectivity index is 1.74. The quantitative estimate of drug-likeness (QED) is 0.352. The molecule has 130 valence electrons. The maximum Gasteiger partial charge on any atom is 0.129 e. The van der Waals surface area contributed by atoms with Crippen molar-refractivity contribution in [3.63, 3.8) is 0 Å². The van der Waals surface area contributed by atoms with Gasteiger partial charge >= 0.3 is 0 Å². The van der Waals surface area contributed by atoms with Crippen LogP contribution in [0.3, 0.4) is 0 Å². The van der Waals surface area contributed by atoms with Gasteiger partial charge in [-0.15, -0.1) is 0 Å². The van der Waals surface area contributed by atoms with E-state index in [1.807, 2.05) is 42.5 Å². The van der Waals surface area contributed by atoms with Crippen LogP contribution < -0.4 is 15.0 Å². The van der Waals surface area contributed by atoms with E-state index in [-0.39, 0.29) is 0 Å². The molecule has 0 radical (unpaired) electrons. The molecule has 0 aromatic heterocycles. The molecule has 0 saturated carbocycles. The van der Waals surface area contributed by atoms with Gasteiger partial charge in [0.1, 0.15) is 11.5 Å². The van der Waals surface area contributed by atoms with Gasteiger partial charge in [-0.2, -0.15) is 0 Å². The minimum atomic E-state index is 0.806. The van der Waals surface area contributed by atoms with E-state index in [1.165, 1.54) is 0 Å². The lowest BCUT2D eigenvalue weighted by Gasteiger charge is -2.26. The van der Waals surface area contributed by atoms with Gasteiger partial charge in [-0.1, -0.05) is 36.4 Å². The van der Waals surface area contributed by atoms with Crippen LogP contribution in [0.4, 0.5) is 28.4 Å². The number of nitrogens with zero attached hydrogens (tertiary/aromatic N) is 1. The predicted octanol–water partition coefficient (Wildman–Crippen LogP) is 7.01. The van der Waals surface area contributed by atoms with Gasteiger partial charge in [-0.25, -0.2) is 0 Å². The summed E-state index contributed by atoms with van der Waals surface area (Å²) in [5.74, 6) is 1.61. The van der Waals surface area contributed by atoms with Gasteiger partial charge in [0.2, 0.25) is 0 Å². The SMILES string of the molecule is c1ccc(N2c3cccc(c3)Nc3cccc(c3)Oc3cccc2c3)cc1. The summed E-state index contributed by atoms with van der Waals surface area (Å²) in [4.78, 5) is 2.23. The van der Waals surface area contributed by atoms with Crippen molar-refractivity contribution < 1.29 is 4.74 Å². The summed E-state index contributed by atoms with van der Waals surface area (Å²) < 4.78 is 6.11. The second-order valence-electron chi connectivity index (χ2n) is 6.47. The van der Waals surface area contributed by atoms with Crippen LogP contribution in [0.15, 0.2) is 103 Å². The fraction of sp³-hybridized carbons (Fsp3) is 0. The molecule has 0 fully saturated rings. The van der Waals surface area contributed by atoms with Crippen LogP contribution in [-0.2, 0) is 0 Å². The minimum absolute atomic E-state index is 0.806. The minimum Gasteiger partial charge on any atom is -0.457 e. The third-order valence-electron chi connectivity index (χ3n) is 4.55. The van der Waals surface area contributed by atoms with Crippen molar-refractivity contribution in [3.05, 3.63) is 103 Å². The Morgan fingerprint density at radius 1 is 0.519 bits per heavy atom. The number of hydrogen-bond acceptors (Lipinski definition) is 3. The smallest absolute Gasteiger partial charge is 0.129 e. The molecule has 1 aliphatic rings. The molecule has 0 saturated heterocycles. The largest absolute Gasteiger partial charge is 0.457 e. The molecule has 1 N–H and O–H groups in total. The van der Waals surface area contributed by atoms with Crippen molar-refractivity contribution in [2.24, 2.45) is 0 Å². The zero-order chi connectivity index (χ0) is 18.1. The zero-order valence-electron chi connectivity index (χ0n) is 14.7. The standard InChI is InChI=1S/C24H18N2O/c1-2-9-20(10-3-1)26-21-11-4-7-18(15-21)25-19-8-5-13-23(16-19)27-24-14-6-12-22(26)17-24/h1-17,25H. The van der Waals surface area contributed by atoms with E-state index < -0.39 is 0 Å². The first-order valence-corrected chi connectivity index (χ1v) is 8.95. The predicted molar refractivity (Wildman–Crippen MR) is 111 cm³/mol. The number of benzene rings is 4. The molecule has 4 aromatic carbocycles. The molecule has 5 rings (SSSR count).